The van der Waals surface area contributed by atoms with Crippen LogP contribution in [-0.2, 0) is 19.2 Å². The Kier molecular flexibility index (Phi) is 7.34. The van der Waals surface area contributed by atoms with E-state index in [-0.39, 0.29) is 16.7 Å². The molecule has 2 amide bonds. The fourth-order valence-electron chi connectivity index (χ4n) is 3.10. The summed E-state index contributed by atoms with van der Waals surface area (Å²) in [5.74, 6) is -2.55. The summed E-state index contributed by atoms with van der Waals surface area (Å²) in [5, 5.41) is 15.0. The Hall–Kier alpha value is -3.04. The summed E-state index contributed by atoms with van der Waals surface area (Å²) >= 11 is 2.12. The zero-order valence-corrected chi connectivity index (χ0v) is 19.7. The molecule has 15 heteroatoms. The maximum atomic E-state index is 12.8. The number of carbonyl (C=O) groups excluding carboxylic acids is 2. The van der Waals surface area contributed by atoms with Gasteiger partial charge >= 0.3 is 5.97 Å². The number of carboxylic acid groups (broad SMARTS) is 1. The molecule has 0 radical (unpaired) electrons. The predicted octanol–water partition coefficient (Wildman–Crippen LogP) is -0.231. The SMILES string of the molecule is C[N+](C)(C)C/C=C/C1=C(C(=O)O)N2C(=O)[C@@H](NC(=O)/C(=N\OCF)c3nsc(N)n3)[C@H]2SC1. The van der Waals surface area contributed by atoms with Crippen LogP contribution in [0.1, 0.15) is 5.82 Å². The van der Waals surface area contributed by atoms with Gasteiger partial charge in [-0.2, -0.15) is 9.36 Å². The molecule has 0 bridgehead atoms. The van der Waals surface area contributed by atoms with Crippen molar-refractivity contribution in [2.24, 2.45) is 5.16 Å². The van der Waals surface area contributed by atoms with Crippen LogP contribution >= 0.6 is 23.3 Å². The van der Waals surface area contributed by atoms with Gasteiger partial charge < -0.3 is 25.5 Å². The van der Waals surface area contributed by atoms with Gasteiger partial charge in [0.1, 0.15) is 17.1 Å². The number of nitrogens with zero attached hydrogens (tertiary/aromatic N) is 5. The molecule has 3 heterocycles. The standard InChI is InChI=1S/C18H22FN7O5S2/c1-26(2,3)6-4-5-9-7-32-16-11(15(28)25(16)12(9)17(29)30)21-14(27)10(23-31-8-19)13-22-18(20)33-24-13/h4-5,11,16H,6-8H2,1-3H3,(H3-,20,21,22,24,27,29,30)/p+1/b5-4+,23-10-/t11-,16-/m1/s1. The average Bonchev–Trinajstić information content (AvgIpc) is 3.16. The molecule has 2 atom stereocenters. The number of carboxylic acids is 1. The minimum atomic E-state index is -1.29. The minimum absolute atomic E-state index is 0.0570. The van der Waals surface area contributed by atoms with E-state index < -0.39 is 41.8 Å². The lowest BCUT2D eigenvalue weighted by atomic mass is 10.0. The summed E-state index contributed by atoms with van der Waals surface area (Å²) in [7, 11) is 6.00. The Labute approximate surface area is 196 Å². The second-order valence-corrected chi connectivity index (χ2v) is 9.94. The molecule has 2 aliphatic rings. The number of rotatable bonds is 9. The molecule has 33 heavy (non-hydrogen) atoms. The number of fused-ring (bicyclic) bond motifs is 1. The molecule has 12 nitrogen and oxygen atoms in total. The van der Waals surface area contributed by atoms with Crippen molar-refractivity contribution >= 4 is 51.9 Å². The lowest BCUT2D eigenvalue weighted by Crippen LogP contribution is -2.71. The average molecular weight is 501 g/mol. The molecule has 1 aromatic rings. The number of hydrogen-bond donors (Lipinski definition) is 3. The van der Waals surface area contributed by atoms with Crippen LogP contribution in [0.15, 0.2) is 28.6 Å². The van der Waals surface area contributed by atoms with Crippen molar-refractivity contribution in [3.63, 3.8) is 0 Å². The number of quaternary nitrogens is 1. The molecule has 3 rings (SSSR count). The quantitative estimate of drug-likeness (QED) is 0.180. The summed E-state index contributed by atoms with van der Waals surface area (Å²) in [6, 6.07) is -1.01. The number of oxime groups is 1. The number of carbonyl (C=O) groups is 3. The fraction of sp³-hybridized carbons (Fsp3) is 0.444. The molecule has 0 unspecified atom stereocenters. The van der Waals surface area contributed by atoms with Gasteiger partial charge in [0.25, 0.3) is 18.7 Å². The number of halogens is 1. The first kappa shape index (κ1) is 24.6. The van der Waals surface area contributed by atoms with Gasteiger partial charge in [0.05, 0.1) is 27.7 Å². The van der Waals surface area contributed by atoms with Crippen LogP contribution in [0, 0.1) is 0 Å². The number of amides is 2. The Morgan fingerprint density at radius 1 is 1.45 bits per heavy atom. The number of anilines is 1. The van der Waals surface area contributed by atoms with E-state index in [0.717, 1.165) is 16.4 Å². The molecule has 178 valence electrons. The van der Waals surface area contributed by atoms with Crippen molar-refractivity contribution in [2.75, 3.05) is 46.0 Å². The van der Waals surface area contributed by atoms with E-state index in [1.165, 1.54) is 11.8 Å². The number of likely N-dealkylation sites (N-methyl/N-ethyl adjacent to an activating group) is 1. The third kappa shape index (κ3) is 5.48. The highest BCUT2D eigenvalue weighted by molar-refractivity contribution is 8.00. The zero-order chi connectivity index (χ0) is 24.3. The minimum Gasteiger partial charge on any atom is -0.477 e. The van der Waals surface area contributed by atoms with Crippen LogP contribution in [0.25, 0.3) is 0 Å². The molecule has 1 aromatic heterocycles. The second kappa shape index (κ2) is 9.84. The molecule has 1 saturated heterocycles. The highest BCUT2D eigenvalue weighted by Crippen LogP contribution is 2.40. The highest BCUT2D eigenvalue weighted by Gasteiger charge is 2.54. The van der Waals surface area contributed by atoms with Gasteiger partial charge in [0.15, 0.2) is 5.13 Å². The largest absolute Gasteiger partial charge is 0.477 e. The Bertz CT molecular complexity index is 1050. The van der Waals surface area contributed by atoms with E-state index in [1.54, 1.807) is 6.08 Å². The van der Waals surface area contributed by atoms with Crippen LogP contribution < -0.4 is 11.1 Å². The number of β-lactam (4-membered cyclic amide) rings is 1. The Morgan fingerprint density at radius 3 is 2.76 bits per heavy atom. The van der Waals surface area contributed by atoms with E-state index >= 15 is 0 Å². The number of aromatic nitrogens is 2. The van der Waals surface area contributed by atoms with Gasteiger partial charge in [-0.1, -0.05) is 11.2 Å². The predicted molar refractivity (Wildman–Crippen MR) is 120 cm³/mol. The molecular formula is C18H23FN7O5S2+. The lowest BCUT2D eigenvalue weighted by Gasteiger charge is -2.49. The van der Waals surface area contributed by atoms with Crippen molar-refractivity contribution in [2.45, 2.75) is 11.4 Å². The van der Waals surface area contributed by atoms with Gasteiger partial charge in [0, 0.05) is 17.3 Å². The number of allylic oxidation sites excluding steroid dienone is 1. The van der Waals surface area contributed by atoms with Crippen LogP contribution in [0.3, 0.4) is 0 Å². The van der Waals surface area contributed by atoms with Crippen LogP contribution in [0.4, 0.5) is 9.52 Å². The van der Waals surface area contributed by atoms with Crippen LogP contribution in [-0.4, -0.2) is 99.1 Å². The normalized spacial score (nSPS) is 21.2. The molecule has 0 spiro atoms. The number of nitrogens with two attached hydrogens (primary N) is 1. The Balaban J connectivity index is 1.78. The van der Waals surface area contributed by atoms with Gasteiger partial charge in [-0.25, -0.2) is 9.18 Å². The lowest BCUT2D eigenvalue weighted by molar-refractivity contribution is -0.864. The van der Waals surface area contributed by atoms with E-state index in [2.05, 4.69) is 24.7 Å². The summed E-state index contributed by atoms with van der Waals surface area (Å²) in [6.45, 7) is -0.614. The van der Waals surface area contributed by atoms with E-state index in [9.17, 15) is 23.9 Å². The number of alkyl halides is 1. The number of nitrogens with one attached hydrogen (secondary N) is 1. The number of aliphatic carboxylic acids is 1. The zero-order valence-electron chi connectivity index (χ0n) is 18.0. The van der Waals surface area contributed by atoms with Gasteiger partial charge in [-0.3, -0.25) is 14.5 Å². The van der Waals surface area contributed by atoms with Crippen LogP contribution in [0.5, 0.6) is 0 Å². The maximum Gasteiger partial charge on any atom is 0.352 e. The van der Waals surface area contributed by atoms with Gasteiger partial charge in [-0.15, -0.1) is 11.8 Å². The fourth-order valence-corrected chi connectivity index (χ4v) is 4.85. The topological polar surface area (TPSA) is 160 Å². The van der Waals surface area contributed by atoms with Gasteiger partial charge in [-0.05, 0) is 11.6 Å². The van der Waals surface area contributed by atoms with Crippen molar-refractivity contribution in [3.05, 3.63) is 29.2 Å². The molecular weight excluding hydrogens is 477 g/mol. The monoisotopic (exact) mass is 500 g/mol. The number of nitrogen functional groups attached to an aromatic ring is 1. The van der Waals surface area contributed by atoms with Crippen LogP contribution in [0.2, 0.25) is 0 Å². The molecule has 1 fully saturated rings. The third-order valence-corrected chi connectivity index (χ3v) is 6.38. The van der Waals surface area contributed by atoms with Crippen molar-refractivity contribution in [1.82, 2.24) is 19.6 Å². The smallest absolute Gasteiger partial charge is 0.352 e. The van der Waals surface area contributed by atoms with Crippen molar-refractivity contribution in [1.29, 1.82) is 0 Å². The second-order valence-electron chi connectivity index (χ2n) is 8.05. The van der Waals surface area contributed by atoms with Gasteiger partial charge in [0.2, 0.25) is 11.5 Å². The van der Waals surface area contributed by atoms with E-state index in [1.807, 2.05) is 27.2 Å². The van der Waals surface area contributed by atoms with Crippen molar-refractivity contribution < 1.29 is 33.2 Å². The first-order valence-electron chi connectivity index (χ1n) is 9.58. The third-order valence-electron chi connectivity index (χ3n) is 4.53. The highest BCUT2D eigenvalue weighted by atomic mass is 32.2. The maximum absolute atomic E-state index is 12.8. The molecule has 0 aromatic carbocycles. The summed E-state index contributed by atoms with van der Waals surface area (Å²) in [4.78, 5) is 46.7. The first-order valence-corrected chi connectivity index (χ1v) is 11.4. The number of hydrogen-bond acceptors (Lipinski definition) is 10. The summed E-state index contributed by atoms with van der Waals surface area (Å²) in [6.07, 6.45) is 3.58. The summed E-state index contributed by atoms with van der Waals surface area (Å²) < 4.78 is 16.9. The van der Waals surface area contributed by atoms with Crippen molar-refractivity contribution in [3.8, 4) is 0 Å². The molecule has 4 N–H and O–H groups in total. The molecule has 0 saturated carbocycles. The van der Waals surface area contributed by atoms with E-state index in [4.69, 9.17) is 5.73 Å². The van der Waals surface area contributed by atoms with E-state index in [0.29, 0.717) is 22.4 Å². The first-order chi connectivity index (χ1) is 15.5. The number of thioether (sulfide) groups is 1. The summed E-state index contributed by atoms with van der Waals surface area (Å²) in [5.41, 5.74) is 5.46. The Morgan fingerprint density at radius 2 is 2.18 bits per heavy atom. The molecule has 2 aliphatic heterocycles. The molecule has 0 aliphatic carbocycles.